The van der Waals surface area contributed by atoms with Gasteiger partial charge in [0.05, 0.1) is 50.8 Å². The third-order valence-electron chi connectivity index (χ3n) is 3.09. The maximum atomic E-state index is 11.5. The van der Waals surface area contributed by atoms with Crippen LogP contribution < -0.4 is 0 Å². The second kappa shape index (κ2) is 12.3. The Morgan fingerprint density at radius 3 is 1.65 bits per heavy atom. The highest BCUT2D eigenvalue weighted by Gasteiger charge is 2.20. The van der Waals surface area contributed by atoms with Crippen LogP contribution in [0.2, 0.25) is 0 Å². The molecular formula is C16H22O10. The summed E-state index contributed by atoms with van der Waals surface area (Å²) >= 11 is 0. The van der Waals surface area contributed by atoms with Crippen molar-refractivity contribution in [2.75, 3.05) is 40.0 Å². The summed E-state index contributed by atoms with van der Waals surface area (Å²) in [5.74, 6) is -2.61. The molecule has 0 atom stereocenters. The van der Waals surface area contributed by atoms with Gasteiger partial charge in [0, 0.05) is 5.56 Å². The van der Waals surface area contributed by atoms with Gasteiger partial charge < -0.3 is 39.4 Å². The molecule has 0 aliphatic rings. The van der Waals surface area contributed by atoms with Crippen molar-refractivity contribution in [1.82, 2.24) is 0 Å². The maximum Gasteiger partial charge on any atom is 0.336 e. The first kappa shape index (κ1) is 22.0. The molecule has 146 valence electrons. The van der Waals surface area contributed by atoms with Crippen molar-refractivity contribution in [3.8, 4) is 0 Å². The lowest BCUT2D eigenvalue weighted by Gasteiger charge is -2.14. The van der Waals surface area contributed by atoms with Crippen molar-refractivity contribution in [1.29, 1.82) is 0 Å². The van der Waals surface area contributed by atoms with Gasteiger partial charge in [-0.1, -0.05) is 0 Å². The standard InChI is InChI=1S/C16H22O10/c17-1-3-23-9-25-7-11-5-12(15(19)20)14(13(6-11)16(21)22)8-26-10-24-4-2-18/h5-6,17-18H,1-4,7-10H2,(H,19,20)(H,21,22). The summed E-state index contributed by atoms with van der Waals surface area (Å²) < 4.78 is 20.1. The van der Waals surface area contributed by atoms with E-state index >= 15 is 0 Å². The largest absolute Gasteiger partial charge is 0.478 e. The fraction of sp³-hybridized carbons (Fsp3) is 0.500. The Bertz CT molecular complexity index is 551. The number of ether oxygens (including phenoxy) is 4. The molecule has 10 nitrogen and oxygen atoms in total. The summed E-state index contributed by atoms with van der Waals surface area (Å²) in [6.07, 6.45) is 0. The van der Waals surface area contributed by atoms with Gasteiger partial charge in [-0.05, 0) is 17.7 Å². The van der Waals surface area contributed by atoms with Crippen LogP contribution in [0.15, 0.2) is 12.1 Å². The molecular weight excluding hydrogens is 352 g/mol. The number of carbonyl (C=O) groups is 2. The molecule has 1 rings (SSSR count). The Hall–Kier alpha value is -2.08. The average Bonchev–Trinajstić information content (AvgIpc) is 2.61. The summed E-state index contributed by atoms with van der Waals surface area (Å²) in [4.78, 5) is 23.0. The summed E-state index contributed by atoms with van der Waals surface area (Å²) in [5.41, 5.74) is -0.102. The van der Waals surface area contributed by atoms with Gasteiger partial charge in [-0.2, -0.15) is 0 Å². The number of carboxylic acid groups (broad SMARTS) is 2. The van der Waals surface area contributed by atoms with Gasteiger partial charge >= 0.3 is 11.9 Å². The normalized spacial score (nSPS) is 10.8. The molecule has 0 saturated carbocycles. The second-order valence-corrected chi connectivity index (χ2v) is 4.98. The minimum atomic E-state index is -1.30. The number of hydrogen-bond acceptors (Lipinski definition) is 8. The van der Waals surface area contributed by atoms with Crippen LogP contribution in [0.4, 0.5) is 0 Å². The van der Waals surface area contributed by atoms with E-state index in [1.54, 1.807) is 0 Å². The smallest absolute Gasteiger partial charge is 0.336 e. The lowest BCUT2D eigenvalue weighted by Crippen LogP contribution is -2.14. The molecule has 0 fully saturated rings. The van der Waals surface area contributed by atoms with E-state index in [9.17, 15) is 19.8 Å². The molecule has 0 bridgehead atoms. The number of rotatable bonds is 14. The second-order valence-electron chi connectivity index (χ2n) is 4.98. The molecule has 0 aliphatic heterocycles. The summed E-state index contributed by atoms with van der Waals surface area (Å²) in [7, 11) is 0. The third kappa shape index (κ3) is 7.44. The molecule has 0 heterocycles. The van der Waals surface area contributed by atoms with Gasteiger partial charge in [0.1, 0.15) is 13.6 Å². The van der Waals surface area contributed by atoms with E-state index < -0.39 is 11.9 Å². The lowest BCUT2D eigenvalue weighted by molar-refractivity contribution is -0.0702. The molecule has 0 aromatic heterocycles. The van der Waals surface area contributed by atoms with Gasteiger partial charge in [-0.3, -0.25) is 0 Å². The predicted molar refractivity (Wildman–Crippen MR) is 85.7 cm³/mol. The molecule has 0 radical (unpaired) electrons. The minimum absolute atomic E-state index is 0.00196. The number of hydrogen-bond donors (Lipinski definition) is 4. The molecule has 10 heteroatoms. The van der Waals surface area contributed by atoms with Crippen molar-refractivity contribution >= 4 is 11.9 Å². The zero-order valence-electron chi connectivity index (χ0n) is 14.0. The van der Waals surface area contributed by atoms with E-state index in [2.05, 4.69) is 0 Å². The highest BCUT2D eigenvalue weighted by atomic mass is 16.7. The molecule has 0 saturated heterocycles. The molecule has 4 N–H and O–H groups in total. The highest BCUT2D eigenvalue weighted by Crippen LogP contribution is 2.21. The van der Waals surface area contributed by atoms with Crippen LogP contribution in [-0.4, -0.2) is 72.4 Å². The number of benzene rings is 1. The van der Waals surface area contributed by atoms with Crippen LogP contribution in [0.1, 0.15) is 31.8 Å². The van der Waals surface area contributed by atoms with E-state index in [1.807, 2.05) is 0 Å². The number of aliphatic hydroxyl groups is 2. The number of carboxylic acids is 2. The molecule has 0 amide bonds. The lowest BCUT2D eigenvalue weighted by atomic mass is 9.98. The van der Waals surface area contributed by atoms with Crippen LogP contribution in [0.5, 0.6) is 0 Å². The van der Waals surface area contributed by atoms with Crippen LogP contribution in [0.3, 0.4) is 0 Å². The van der Waals surface area contributed by atoms with Gasteiger partial charge in [0.25, 0.3) is 0 Å². The first-order valence-electron chi connectivity index (χ1n) is 7.66. The Kier molecular flexibility index (Phi) is 10.4. The summed E-state index contributed by atoms with van der Waals surface area (Å²) in [6, 6.07) is 2.60. The number of aromatic carboxylic acids is 2. The Morgan fingerprint density at radius 1 is 0.769 bits per heavy atom. The fourth-order valence-corrected chi connectivity index (χ4v) is 2.02. The van der Waals surface area contributed by atoms with E-state index in [0.29, 0.717) is 5.56 Å². The molecule has 0 aliphatic carbocycles. The van der Waals surface area contributed by atoms with E-state index in [-0.39, 0.29) is 69.9 Å². The maximum absolute atomic E-state index is 11.5. The van der Waals surface area contributed by atoms with Crippen LogP contribution in [-0.2, 0) is 32.2 Å². The topological polar surface area (TPSA) is 152 Å². The van der Waals surface area contributed by atoms with Crippen molar-refractivity contribution < 1.29 is 49.0 Å². The van der Waals surface area contributed by atoms with Crippen molar-refractivity contribution in [3.63, 3.8) is 0 Å². The average molecular weight is 374 g/mol. The van der Waals surface area contributed by atoms with Crippen molar-refractivity contribution in [3.05, 3.63) is 34.4 Å². The zero-order chi connectivity index (χ0) is 19.4. The minimum Gasteiger partial charge on any atom is -0.478 e. The molecule has 0 spiro atoms. The third-order valence-corrected chi connectivity index (χ3v) is 3.09. The molecule has 1 aromatic carbocycles. The van der Waals surface area contributed by atoms with Crippen LogP contribution >= 0.6 is 0 Å². The predicted octanol–water partition coefficient (Wildman–Crippen LogP) is 0.0490. The van der Waals surface area contributed by atoms with Gasteiger partial charge in [0.15, 0.2) is 0 Å². The molecule has 1 aromatic rings. The SMILES string of the molecule is O=C(O)c1cc(COCOCCO)cc(C(=O)O)c1COCOCCO. The first-order valence-corrected chi connectivity index (χ1v) is 7.66. The Balaban J connectivity index is 2.89. The van der Waals surface area contributed by atoms with Gasteiger partial charge in [-0.25, -0.2) is 9.59 Å². The van der Waals surface area contributed by atoms with Gasteiger partial charge in [-0.15, -0.1) is 0 Å². The molecule has 0 unspecified atom stereocenters. The summed E-state index contributed by atoms with van der Waals surface area (Å²) in [5, 5.41) is 35.9. The summed E-state index contributed by atoms with van der Waals surface area (Å²) in [6.45, 7) is -0.902. The highest BCUT2D eigenvalue weighted by molar-refractivity contribution is 5.97. The van der Waals surface area contributed by atoms with E-state index in [1.165, 1.54) is 12.1 Å². The van der Waals surface area contributed by atoms with Gasteiger partial charge in [0.2, 0.25) is 0 Å². The fourth-order valence-electron chi connectivity index (χ4n) is 2.02. The van der Waals surface area contributed by atoms with E-state index in [4.69, 9.17) is 29.2 Å². The zero-order valence-corrected chi connectivity index (χ0v) is 14.0. The van der Waals surface area contributed by atoms with Crippen LogP contribution in [0, 0.1) is 0 Å². The Morgan fingerprint density at radius 2 is 1.23 bits per heavy atom. The number of aliphatic hydroxyl groups excluding tert-OH is 2. The molecule has 26 heavy (non-hydrogen) atoms. The van der Waals surface area contributed by atoms with Crippen molar-refractivity contribution in [2.24, 2.45) is 0 Å². The quantitative estimate of drug-likeness (QED) is 0.259. The van der Waals surface area contributed by atoms with Crippen LogP contribution in [0.25, 0.3) is 0 Å². The Labute approximate surface area is 149 Å². The van der Waals surface area contributed by atoms with E-state index in [0.717, 1.165) is 0 Å². The monoisotopic (exact) mass is 374 g/mol. The van der Waals surface area contributed by atoms with Crippen molar-refractivity contribution in [2.45, 2.75) is 13.2 Å². The first-order chi connectivity index (χ1) is 12.5.